The molecule has 0 atom stereocenters. The van der Waals surface area contributed by atoms with E-state index in [0.717, 1.165) is 11.6 Å². The van der Waals surface area contributed by atoms with E-state index in [-0.39, 0.29) is 12.1 Å². The van der Waals surface area contributed by atoms with Crippen molar-refractivity contribution in [2.75, 3.05) is 13.1 Å². The highest BCUT2D eigenvalue weighted by Crippen LogP contribution is 2.19. The number of carboxylic acids is 1. The molecule has 0 saturated heterocycles. The highest BCUT2D eigenvalue weighted by Gasteiger charge is 2.25. The van der Waals surface area contributed by atoms with Crippen LogP contribution in [0, 0.1) is 5.82 Å². The maximum absolute atomic E-state index is 13.0. The van der Waals surface area contributed by atoms with Crippen molar-refractivity contribution in [2.24, 2.45) is 0 Å². The Morgan fingerprint density at radius 1 is 1.50 bits per heavy atom. The lowest BCUT2D eigenvalue weighted by atomic mass is 9.99. The second-order valence-corrected chi connectivity index (χ2v) is 3.67. The summed E-state index contributed by atoms with van der Waals surface area (Å²) in [5.74, 6) is -1.96. The molecule has 84 valence electrons. The fourth-order valence-electron chi connectivity index (χ4n) is 1.81. The van der Waals surface area contributed by atoms with Gasteiger partial charge in [-0.25, -0.2) is 4.39 Å². The quantitative estimate of drug-likeness (QED) is 0.810. The lowest BCUT2D eigenvalue weighted by Gasteiger charge is -2.26. The number of aliphatic carboxylic acids is 1. The van der Waals surface area contributed by atoms with Gasteiger partial charge in [0.05, 0.1) is 0 Å². The summed E-state index contributed by atoms with van der Waals surface area (Å²) in [5, 5.41) is 8.62. The number of fused-ring (bicyclic) bond motifs is 1. The van der Waals surface area contributed by atoms with Crippen LogP contribution in [-0.4, -0.2) is 35.0 Å². The molecule has 5 heteroatoms. The first kappa shape index (κ1) is 10.6. The molecule has 0 bridgehead atoms. The number of nitrogens with zero attached hydrogens (tertiary/aromatic N) is 1. The molecular formula is C11H10FNO3. The Bertz CT molecular complexity index is 459. The normalized spacial score (nSPS) is 14.8. The predicted molar refractivity (Wildman–Crippen MR) is 53.6 cm³/mol. The van der Waals surface area contributed by atoms with Crippen molar-refractivity contribution in [3.63, 3.8) is 0 Å². The van der Waals surface area contributed by atoms with Gasteiger partial charge in [0.15, 0.2) is 0 Å². The average Bonchev–Trinajstić information content (AvgIpc) is 2.22. The van der Waals surface area contributed by atoms with Crippen LogP contribution in [0.15, 0.2) is 18.2 Å². The third kappa shape index (κ3) is 1.88. The Hall–Kier alpha value is -1.91. The number of carbonyl (C=O) groups excluding carboxylic acids is 1. The molecule has 1 aromatic rings. The van der Waals surface area contributed by atoms with Gasteiger partial charge in [-0.15, -0.1) is 0 Å². The van der Waals surface area contributed by atoms with Gasteiger partial charge in [0, 0.05) is 12.1 Å². The van der Waals surface area contributed by atoms with E-state index in [1.807, 2.05) is 0 Å². The van der Waals surface area contributed by atoms with Crippen LogP contribution >= 0.6 is 0 Å². The summed E-state index contributed by atoms with van der Waals surface area (Å²) >= 11 is 0. The fraction of sp³-hybridized carbons (Fsp3) is 0.273. The summed E-state index contributed by atoms with van der Waals surface area (Å²) in [7, 11) is 0. The number of benzene rings is 1. The van der Waals surface area contributed by atoms with E-state index in [1.54, 1.807) is 6.07 Å². The topological polar surface area (TPSA) is 57.6 Å². The van der Waals surface area contributed by atoms with Gasteiger partial charge in [-0.05, 0) is 24.1 Å². The molecule has 1 aromatic carbocycles. The first-order chi connectivity index (χ1) is 7.58. The Morgan fingerprint density at radius 3 is 2.94 bits per heavy atom. The maximum Gasteiger partial charge on any atom is 0.323 e. The molecule has 0 unspecified atom stereocenters. The van der Waals surface area contributed by atoms with E-state index in [4.69, 9.17) is 5.11 Å². The van der Waals surface area contributed by atoms with E-state index < -0.39 is 17.7 Å². The molecule has 1 aliphatic heterocycles. The largest absolute Gasteiger partial charge is 0.480 e. The van der Waals surface area contributed by atoms with Crippen LogP contribution in [0.3, 0.4) is 0 Å². The van der Waals surface area contributed by atoms with Gasteiger partial charge in [0.1, 0.15) is 12.4 Å². The molecule has 1 aliphatic rings. The van der Waals surface area contributed by atoms with Gasteiger partial charge in [-0.2, -0.15) is 0 Å². The van der Waals surface area contributed by atoms with Gasteiger partial charge in [-0.3, -0.25) is 9.59 Å². The van der Waals surface area contributed by atoms with E-state index in [2.05, 4.69) is 0 Å². The summed E-state index contributed by atoms with van der Waals surface area (Å²) in [6.45, 7) is 0.0263. The Labute approximate surface area is 91.3 Å². The van der Waals surface area contributed by atoms with Crippen LogP contribution < -0.4 is 0 Å². The molecule has 0 saturated carbocycles. The third-order valence-corrected chi connectivity index (χ3v) is 2.57. The minimum Gasteiger partial charge on any atom is -0.480 e. The van der Waals surface area contributed by atoms with Crippen molar-refractivity contribution in [2.45, 2.75) is 6.42 Å². The zero-order valence-corrected chi connectivity index (χ0v) is 8.44. The van der Waals surface area contributed by atoms with Gasteiger partial charge in [0.25, 0.3) is 5.91 Å². The van der Waals surface area contributed by atoms with Crippen molar-refractivity contribution >= 4 is 11.9 Å². The summed E-state index contributed by atoms with van der Waals surface area (Å²) in [5.41, 5.74) is 1.04. The number of amides is 1. The molecule has 16 heavy (non-hydrogen) atoms. The lowest BCUT2D eigenvalue weighted by Crippen LogP contribution is -2.40. The summed E-state index contributed by atoms with van der Waals surface area (Å²) in [4.78, 5) is 23.5. The SMILES string of the molecule is O=C(O)CN1CCc2ccc(F)cc2C1=O. The van der Waals surface area contributed by atoms with Crippen molar-refractivity contribution in [1.82, 2.24) is 4.90 Å². The van der Waals surface area contributed by atoms with Crippen LogP contribution in [0.2, 0.25) is 0 Å². The van der Waals surface area contributed by atoms with Crippen molar-refractivity contribution in [1.29, 1.82) is 0 Å². The first-order valence-electron chi connectivity index (χ1n) is 4.87. The molecule has 0 fully saturated rings. The smallest absolute Gasteiger partial charge is 0.323 e. The van der Waals surface area contributed by atoms with Crippen LogP contribution in [0.4, 0.5) is 4.39 Å². The molecule has 0 aromatic heterocycles. The van der Waals surface area contributed by atoms with Crippen molar-refractivity contribution in [3.05, 3.63) is 35.1 Å². The first-order valence-corrected chi connectivity index (χ1v) is 4.87. The Balaban J connectivity index is 2.30. The zero-order valence-electron chi connectivity index (χ0n) is 8.44. The van der Waals surface area contributed by atoms with E-state index in [1.165, 1.54) is 11.0 Å². The summed E-state index contributed by atoms with van der Waals surface area (Å²) in [6, 6.07) is 4.03. The van der Waals surface area contributed by atoms with E-state index >= 15 is 0 Å². The van der Waals surface area contributed by atoms with Crippen LogP contribution in [0.5, 0.6) is 0 Å². The summed E-state index contributed by atoms with van der Waals surface area (Å²) < 4.78 is 13.0. The minimum absolute atomic E-state index is 0.271. The standard InChI is InChI=1S/C11H10FNO3/c12-8-2-1-7-3-4-13(6-10(14)15)11(16)9(7)5-8/h1-2,5H,3-4,6H2,(H,14,15). The molecule has 1 heterocycles. The number of rotatable bonds is 2. The Kier molecular flexibility index (Phi) is 2.60. The highest BCUT2D eigenvalue weighted by molar-refractivity contribution is 5.98. The molecule has 1 amide bonds. The highest BCUT2D eigenvalue weighted by atomic mass is 19.1. The summed E-state index contributed by atoms with van der Waals surface area (Å²) in [6.07, 6.45) is 0.564. The average molecular weight is 223 g/mol. The Morgan fingerprint density at radius 2 is 2.25 bits per heavy atom. The van der Waals surface area contributed by atoms with Gasteiger partial charge in [0.2, 0.25) is 0 Å². The molecule has 0 spiro atoms. The number of carboxylic acid groups (broad SMARTS) is 1. The molecule has 2 rings (SSSR count). The molecule has 1 N–H and O–H groups in total. The predicted octanol–water partition coefficient (Wildman–Crippen LogP) is 0.909. The van der Waals surface area contributed by atoms with E-state index in [0.29, 0.717) is 13.0 Å². The number of carbonyl (C=O) groups is 2. The molecular weight excluding hydrogens is 213 g/mol. The van der Waals surface area contributed by atoms with Crippen LogP contribution in [0.1, 0.15) is 15.9 Å². The van der Waals surface area contributed by atoms with Crippen LogP contribution in [0.25, 0.3) is 0 Å². The molecule has 0 aliphatic carbocycles. The number of hydrogen-bond acceptors (Lipinski definition) is 2. The van der Waals surface area contributed by atoms with Gasteiger partial charge >= 0.3 is 5.97 Å². The minimum atomic E-state index is -1.06. The van der Waals surface area contributed by atoms with Crippen molar-refractivity contribution < 1.29 is 19.1 Å². The fourth-order valence-corrected chi connectivity index (χ4v) is 1.81. The van der Waals surface area contributed by atoms with E-state index in [9.17, 15) is 14.0 Å². The molecule has 4 nitrogen and oxygen atoms in total. The number of halogens is 1. The third-order valence-electron chi connectivity index (χ3n) is 2.57. The second kappa shape index (κ2) is 3.92. The van der Waals surface area contributed by atoms with Gasteiger partial charge < -0.3 is 10.0 Å². The number of hydrogen-bond donors (Lipinski definition) is 1. The zero-order chi connectivity index (χ0) is 11.7. The van der Waals surface area contributed by atoms with Gasteiger partial charge in [-0.1, -0.05) is 6.07 Å². The maximum atomic E-state index is 13.0. The lowest BCUT2D eigenvalue weighted by molar-refractivity contribution is -0.137. The van der Waals surface area contributed by atoms with Crippen LogP contribution in [-0.2, 0) is 11.2 Å². The monoisotopic (exact) mass is 223 g/mol. The second-order valence-electron chi connectivity index (χ2n) is 3.67. The molecule has 0 radical (unpaired) electrons. The van der Waals surface area contributed by atoms with Crippen molar-refractivity contribution in [3.8, 4) is 0 Å².